The third kappa shape index (κ3) is 11.8. The van der Waals surface area contributed by atoms with Crippen LogP contribution >= 0.6 is 0 Å². The van der Waals surface area contributed by atoms with E-state index < -0.39 is 0 Å². The molecule has 0 aliphatic heterocycles. The van der Waals surface area contributed by atoms with Gasteiger partial charge in [-0.2, -0.15) is 0 Å². The number of fused-ring (bicyclic) bond motifs is 8. The minimum Gasteiger partial charge on any atom is -0.545 e. The van der Waals surface area contributed by atoms with Crippen LogP contribution in [0.25, 0.3) is 0 Å². The smallest absolute Gasteiger partial charge is 0.545 e. The first kappa shape index (κ1) is 44.4. The van der Waals surface area contributed by atoms with Gasteiger partial charge in [-0.25, -0.2) is 0 Å². The van der Waals surface area contributed by atoms with Crippen LogP contribution in [0, 0.1) is 73.9 Å². The van der Waals surface area contributed by atoms with Gasteiger partial charge in [-0.05, 0) is 98.7 Å². The van der Waals surface area contributed by atoms with Crippen LogP contribution in [0.1, 0.15) is 103 Å². The van der Waals surface area contributed by atoms with Crippen molar-refractivity contribution in [1.29, 1.82) is 0 Å². The normalized spacial score (nSPS) is 21.9. The zero-order valence-electron chi connectivity index (χ0n) is 21.6. The summed E-state index contributed by atoms with van der Waals surface area (Å²) in [6, 6.07) is 0. The number of carbonyl (C=O) groups excluding carboxylic acids is 2. The van der Waals surface area contributed by atoms with Crippen molar-refractivity contribution in [3.8, 4) is 0 Å². The molecule has 0 amide bonds. The second kappa shape index (κ2) is 29.3. The zero-order chi connectivity index (χ0) is 27.9. The first-order valence-corrected chi connectivity index (χ1v) is 12.1. The fourth-order valence-corrected chi connectivity index (χ4v) is 6.16. The Morgan fingerprint density at radius 2 is 0.421 bits per heavy atom. The Bertz CT molecular complexity index is 475. The molecule has 0 atom stereocenters. The molecule has 0 unspecified atom stereocenters. The summed E-state index contributed by atoms with van der Waals surface area (Å²) >= 11 is 0. The predicted octanol–water partition coefficient (Wildman–Crippen LogP) is 6.19. The van der Waals surface area contributed by atoms with Crippen LogP contribution in [0.4, 0.5) is 0 Å². The first-order valence-electron chi connectivity index (χ1n) is 12.1. The summed E-state index contributed by atoms with van der Waals surface area (Å²) in [6.45, 7) is 24.5. The van der Waals surface area contributed by atoms with Gasteiger partial charge in [0, 0.05) is 17.1 Å². The molecule has 0 bridgehead atoms. The Morgan fingerprint density at radius 1 is 0.342 bits per heavy atom. The van der Waals surface area contributed by atoms with Gasteiger partial charge in [0.1, 0.15) is 0 Å². The molecule has 8 heteroatoms. The number of hydrogen-bond acceptors (Lipinski definition) is 2. The summed E-state index contributed by atoms with van der Waals surface area (Å²) < 4.78 is 30.0. The van der Waals surface area contributed by atoms with Gasteiger partial charge in [-0.3, -0.25) is 13.6 Å². The average Bonchev–Trinajstić information content (AvgIpc) is 3.01. The van der Waals surface area contributed by atoms with E-state index in [0.717, 1.165) is 0 Å². The molecule has 8 radical (unpaired) electrons. The molecular formula is C30H34Fe2O6. The Morgan fingerprint density at radius 3 is 0.500 bits per heavy atom. The maximum atomic E-state index is 7.75. The summed E-state index contributed by atoms with van der Waals surface area (Å²) in [5, 5.41) is 0. The predicted molar refractivity (Wildman–Crippen MR) is 129 cm³/mol. The minimum atomic E-state index is 0. The fourth-order valence-electron chi connectivity index (χ4n) is 6.16. The fraction of sp³-hybridized carbons (Fsp3) is 0.533. The summed E-state index contributed by atoms with van der Waals surface area (Å²) in [6.07, 6.45) is 22.9. The minimum absolute atomic E-state index is 0. The van der Waals surface area contributed by atoms with E-state index in [0.29, 0.717) is 0 Å². The maximum Gasteiger partial charge on any atom is 2.00 e. The van der Waals surface area contributed by atoms with Crippen molar-refractivity contribution in [3.63, 3.8) is 0 Å². The van der Waals surface area contributed by atoms with Crippen LogP contribution < -0.4 is 0 Å². The SMILES string of the molecule is C1CC[C]2[C](C1)[C]1CCCC[C]21.C1CC[C]2[C](C1)[C]1CCCC[C]21.[C-]#[O+].[C-]#[O+].[C-]#[O+].[C-]#[O+].[CH-]=O.[CH-]=O.[Fe+2].[Fe]. The monoisotopic (exact) mass is 602 g/mol. The van der Waals surface area contributed by atoms with Crippen molar-refractivity contribution in [3.05, 3.63) is 73.9 Å². The molecule has 6 saturated carbocycles. The molecule has 206 valence electrons. The van der Waals surface area contributed by atoms with E-state index in [2.05, 4.69) is 40.2 Å². The zero-order valence-corrected chi connectivity index (χ0v) is 23.8. The van der Waals surface area contributed by atoms with Crippen molar-refractivity contribution in [1.82, 2.24) is 0 Å². The van der Waals surface area contributed by atoms with Gasteiger partial charge in [-0.1, -0.05) is 51.4 Å². The van der Waals surface area contributed by atoms with Crippen molar-refractivity contribution < 1.29 is 62.3 Å². The standard InChI is InChI=1S/2C12H16.2CHO.4CO.2Fe/c2*1-2-6-10-9(5-1)11-7-3-4-8-12(10)11;6*1-2;;/h2*1-8H2;2*1H;;;;;;/q;;2*-1;;;;;;+2. The molecule has 0 aromatic heterocycles. The van der Waals surface area contributed by atoms with Crippen LogP contribution in [0.5, 0.6) is 0 Å². The molecular weight excluding hydrogens is 568 g/mol. The summed E-state index contributed by atoms with van der Waals surface area (Å²) in [5.74, 6) is 14.4. The van der Waals surface area contributed by atoms with E-state index in [9.17, 15) is 0 Å². The van der Waals surface area contributed by atoms with Crippen LogP contribution in [-0.4, -0.2) is 13.6 Å². The van der Waals surface area contributed by atoms with Gasteiger partial charge < -0.3 is 9.59 Å². The Labute approximate surface area is 251 Å². The van der Waals surface area contributed by atoms with Gasteiger partial charge in [0.15, 0.2) is 0 Å². The van der Waals surface area contributed by atoms with Crippen molar-refractivity contribution >= 4 is 13.6 Å². The molecule has 0 saturated heterocycles. The second-order valence-corrected chi connectivity index (χ2v) is 8.66. The third-order valence-corrected chi connectivity index (χ3v) is 7.33. The molecule has 0 N–H and O–H groups in total. The van der Waals surface area contributed by atoms with Crippen LogP contribution in [0.15, 0.2) is 0 Å². The Kier molecular flexibility index (Phi) is 34.2. The molecule has 6 rings (SSSR count). The molecule has 6 aliphatic rings. The molecule has 0 aromatic rings. The summed E-state index contributed by atoms with van der Waals surface area (Å²) in [4.78, 5) is 15.5. The van der Waals surface area contributed by atoms with Crippen LogP contribution in [-0.2, 0) is 62.3 Å². The molecule has 0 spiro atoms. The number of rotatable bonds is 0. The van der Waals surface area contributed by atoms with Crippen molar-refractivity contribution in [2.24, 2.45) is 0 Å². The van der Waals surface area contributed by atoms with Crippen molar-refractivity contribution in [2.45, 2.75) is 103 Å². The van der Waals surface area contributed by atoms with E-state index >= 15 is 0 Å². The van der Waals surface area contributed by atoms with Gasteiger partial charge in [0.25, 0.3) is 0 Å². The molecule has 0 heterocycles. The van der Waals surface area contributed by atoms with Crippen LogP contribution in [0.3, 0.4) is 0 Å². The number of hydrogen-bond donors (Lipinski definition) is 0. The van der Waals surface area contributed by atoms with Gasteiger partial charge in [0.2, 0.25) is 0 Å². The quantitative estimate of drug-likeness (QED) is 0.143. The van der Waals surface area contributed by atoms with E-state index in [1.54, 1.807) is 47.3 Å². The van der Waals surface area contributed by atoms with E-state index in [1.165, 1.54) is 103 Å². The molecule has 6 aliphatic carbocycles. The van der Waals surface area contributed by atoms with Crippen LogP contribution in [0.2, 0.25) is 0 Å². The van der Waals surface area contributed by atoms with Gasteiger partial charge in [0.05, 0.1) is 0 Å². The van der Waals surface area contributed by atoms with E-state index in [4.69, 9.17) is 28.2 Å². The molecule has 6 nitrogen and oxygen atoms in total. The molecule has 38 heavy (non-hydrogen) atoms. The first-order chi connectivity index (χ1) is 17.9. The topological polar surface area (TPSA) is 114 Å². The largest absolute Gasteiger partial charge is 2.00 e. The average molecular weight is 602 g/mol. The van der Waals surface area contributed by atoms with Gasteiger partial charge >= 0.3 is 62.3 Å². The summed E-state index contributed by atoms with van der Waals surface area (Å²) in [5.41, 5.74) is 0. The van der Waals surface area contributed by atoms with E-state index in [1.807, 2.05) is 0 Å². The molecule has 0 aromatic carbocycles. The second-order valence-electron chi connectivity index (χ2n) is 8.66. The van der Waals surface area contributed by atoms with E-state index in [-0.39, 0.29) is 34.1 Å². The Balaban J connectivity index is -0.000000211. The van der Waals surface area contributed by atoms with Crippen molar-refractivity contribution in [2.75, 3.05) is 0 Å². The molecule has 6 fully saturated rings. The maximum absolute atomic E-state index is 7.75. The third-order valence-electron chi connectivity index (χ3n) is 7.33. The van der Waals surface area contributed by atoms with Gasteiger partial charge in [-0.15, -0.1) is 0 Å². The Hall–Kier alpha value is -0.661. The summed E-state index contributed by atoms with van der Waals surface area (Å²) in [7, 11) is 0.